The molecule has 3 fully saturated rings. The highest BCUT2D eigenvalue weighted by molar-refractivity contribution is 6.07. The van der Waals surface area contributed by atoms with Gasteiger partial charge in [-0.15, -0.1) is 0 Å². The van der Waals surface area contributed by atoms with E-state index in [0.717, 1.165) is 45.0 Å². The molecule has 8 nitrogen and oxygen atoms in total. The molecule has 3 aliphatic heterocycles. The van der Waals surface area contributed by atoms with E-state index in [1.807, 2.05) is 12.1 Å². The van der Waals surface area contributed by atoms with Crippen LogP contribution in [0.15, 0.2) is 24.5 Å². The normalized spacial score (nSPS) is 18.8. The zero-order chi connectivity index (χ0) is 49.7. The molecule has 4 rings (SSSR count). The van der Waals surface area contributed by atoms with Gasteiger partial charge < -0.3 is 36.2 Å². The first-order chi connectivity index (χ1) is 28.2. The Balaban J connectivity index is -0.000000314. The largest absolute Gasteiger partial charge is 0.390 e. The van der Waals surface area contributed by atoms with Crippen molar-refractivity contribution in [3.05, 3.63) is 24.5 Å². The SMILES string of the molecule is CC(C)(C)N([SiH3])C(C)(C)C.CC(C)N([SiH3])C(C)C.CC1(C)CCCC(C)(C)N1[SiH3].CCC(C)N([SiH3])C(C)CC.CCN([SiH3])CC.[SiH3]N1CC1.[SiH3]N1CCCCC1.[SiH3]n1cccc1. The van der Waals surface area contributed by atoms with Crippen LogP contribution in [0, 0.1) is 0 Å². The van der Waals surface area contributed by atoms with E-state index in [2.05, 4.69) is 187 Å². The Morgan fingerprint density at radius 1 is 0.532 bits per heavy atom. The predicted molar refractivity (Wildman–Crippen MR) is 318 cm³/mol. The van der Waals surface area contributed by atoms with Gasteiger partial charge in [-0.2, -0.15) is 0 Å². The first-order valence-electron chi connectivity index (χ1n) is 25.2. The third kappa shape index (κ3) is 38.8. The van der Waals surface area contributed by atoms with Crippen molar-refractivity contribution in [2.45, 2.75) is 236 Å². The number of hydrogen-bond donors (Lipinski definition) is 0. The molecule has 16 heteroatoms. The summed E-state index contributed by atoms with van der Waals surface area (Å²) in [4.78, 5) is 0. The number of aromatic nitrogens is 1. The molecule has 0 aromatic carbocycles. The molecule has 62 heavy (non-hydrogen) atoms. The van der Waals surface area contributed by atoms with Crippen LogP contribution in [0.2, 0.25) is 0 Å². The van der Waals surface area contributed by atoms with Crippen LogP contribution in [0.1, 0.15) is 190 Å². The molecule has 376 valence electrons. The highest BCUT2D eigenvalue weighted by atomic mass is 28.2. The van der Waals surface area contributed by atoms with Crippen LogP contribution in [0.25, 0.3) is 0 Å². The van der Waals surface area contributed by atoms with E-state index in [0.29, 0.717) is 22.2 Å². The highest BCUT2D eigenvalue weighted by Gasteiger charge is 2.37. The van der Waals surface area contributed by atoms with E-state index in [1.165, 1.54) is 153 Å². The molecule has 3 aliphatic rings. The van der Waals surface area contributed by atoms with Crippen molar-refractivity contribution in [2.24, 2.45) is 0 Å². The summed E-state index contributed by atoms with van der Waals surface area (Å²) in [6.07, 6.45) is 15.2. The third-order valence-corrected chi connectivity index (χ3v) is 26.3. The molecule has 2 atom stereocenters. The van der Waals surface area contributed by atoms with Crippen LogP contribution in [-0.4, -0.2) is 205 Å². The highest BCUT2D eigenvalue weighted by Crippen LogP contribution is 2.35. The molecule has 4 heterocycles. The Hall–Kier alpha value is 0.735. The van der Waals surface area contributed by atoms with E-state index in [9.17, 15) is 0 Å². The maximum atomic E-state index is 2.66. The van der Waals surface area contributed by atoms with E-state index >= 15 is 0 Å². The molecular formula is C46H120N8Si8. The summed E-state index contributed by atoms with van der Waals surface area (Å²) in [6.45, 7) is 53.6. The van der Waals surface area contributed by atoms with E-state index in [1.54, 1.807) is 0 Å². The molecule has 0 aliphatic carbocycles. The standard InChI is InChI=1S/C9H21NSi.2C8H21NSi.C6H17NSi.C5H13NSi.C4H7NSi.C4H13NSi.C2H7NSi/c1-8(2)6-5-7-9(3,4)10(8)11;1-7(2,3)9(10)8(4,5)6;1-5-7(3)9(10)8(4)6-2;1-5(2)7(8)6(3)4;7-6-4-2-1-3-5-6;6-5-3-1-2-4-5;1-3-5(6)4-2;4-3-1-2-3/h5-7H2,1-4,11H3;1-6,10H3;7-8H,5-6H2,1-4,10H3;5-6H,1-4,8H3;1-5H2,7H3;1-4H,6H3;3-4H2,1-2,6H3;1-2H2,4H3. The third-order valence-electron chi connectivity index (χ3n) is 13.7. The zero-order valence-electron chi connectivity index (χ0n) is 48.1. The van der Waals surface area contributed by atoms with Gasteiger partial charge in [0, 0.05) is 35.2 Å². The minimum absolute atomic E-state index is 0.338. The van der Waals surface area contributed by atoms with E-state index in [4.69, 9.17) is 0 Å². The molecule has 0 saturated carbocycles. The molecule has 3 saturated heterocycles. The van der Waals surface area contributed by atoms with Crippen molar-refractivity contribution >= 4 is 83.2 Å². The van der Waals surface area contributed by atoms with Crippen LogP contribution in [0.5, 0.6) is 0 Å². The Kier molecular flexibility index (Phi) is 41.1. The number of nitrogens with zero attached hydrogens (tertiary/aromatic N) is 8. The molecule has 1 aromatic heterocycles. The van der Waals surface area contributed by atoms with Crippen molar-refractivity contribution in [1.82, 2.24) is 36.2 Å². The molecule has 2 unspecified atom stereocenters. The van der Waals surface area contributed by atoms with Crippen molar-refractivity contribution in [3.8, 4) is 0 Å². The first-order valence-corrected chi connectivity index (χ1v) is 32.4. The fourth-order valence-electron chi connectivity index (χ4n) is 6.52. The fraction of sp³-hybridized carbons (Fsp3) is 0.913. The van der Waals surface area contributed by atoms with Gasteiger partial charge in [-0.25, -0.2) is 0 Å². The molecule has 0 amide bonds. The minimum atomic E-state index is 0.338. The van der Waals surface area contributed by atoms with Gasteiger partial charge in [0.2, 0.25) is 0 Å². The topological polar surface area (TPSA) is 27.4 Å². The van der Waals surface area contributed by atoms with Gasteiger partial charge >= 0.3 is 0 Å². The van der Waals surface area contributed by atoms with Gasteiger partial charge in [0.05, 0.1) is 72.8 Å². The lowest BCUT2D eigenvalue weighted by Crippen LogP contribution is -2.57. The lowest BCUT2D eigenvalue weighted by atomic mass is 9.83. The Bertz CT molecular complexity index is 1070. The van der Waals surface area contributed by atoms with Crippen LogP contribution in [0.3, 0.4) is 0 Å². The van der Waals surface area contributed by atoms with E-state index in [-0.39, 0.29) is 0 Å². The summed E-state index contributed by atoms with van der Waals surface area (Å²) in [5, 5.41) is 0. The Morgan fingerprint density at radius 2 is 0.871 bits per heavy atom. The van der Waals surface area contributed by atoms with Gasteiger partial charge in [-0.05, 0) is 189 Å². The van der Waals surface area contributed by atoms with Crippen molar-refractivity contribution in [1.29, 1.82) is 0 Å². The van der Waals surface area contributed by atoms with Gasteiger partial charge in [-0.3, -0.25) is 0 Å². The average Bonchev–Trinajstić information content (AvgIpc) is 3.83. The number of piperidine rings is 2. The Morgan fingerprint density at radius 3 is 1.00 bits per heavy atom. The summed E-state index contributed by atoms with van der Waals surface area (Å²) in [5.74, 6) is 0. The second-order valence-corrected chi connectivity index (χ2v) is 31.2. The van der Waals surface area contributed by atoms with Crippen LogP contribution >= 0.6 is 0 Å². The van der Waals surface area contributed by atoms with Crippen LogP contribution < -0.4 is 0 Å². The van der Waals surface area contributed by atoms with Crippen molar-refractivity contribution < 1.29 is 0 Å². The fourth-order valence-corrected chi connectivity index (χ4v) is 8.87. The van der Waals surface area contributed by atoms with Crippen molar-refractivity contribution in [3.63, 3.8) is 0 Å². The first kappa shape index (κ1) is 69.3. The van der Waals surface area contributed by atoms with Gasteiger partial charge in [0.1, 0.15) is 10.4 Å². The maximum Gasteiger partial charge on any atom is 0.112 e. The van der Waals surface area contributed by atoms with Gasteiger partial charge in [-0.1, -0.05) is 75.7 Å². The maximum absolute atomic E-state index is 2.66. The quantitative estimate of drug-likeness (QED) is 0.289. The van der Waals surface area contributed by atoms with Crippen molar-refractivity contribution in [2.75, 3.05) is 39.3 Å². The summed E-state index contributed by atoms with van der Waals surface area (Å²) < 4.78 is 19.7. The smallest absolute Gasteiger partial charge is 0.112 e. The number of rotatable bonds is 8. The summed E-state index contributed by atoms with van der Waals surface area (Å²) in [5.41, 5.74) is 1.61. The molecule has 0 spiro atoms. The second kappa shape index (κ2) is 36.7. The second-order valence-electron chi connectivity index (χ2n) is 22.5. The predicted octanol–water partition coefficient (Wildman–Crippen LogP) is 1.59. The summed E-state index contributed by atoms with van der Waals surface area (Å²) in [7, 11) is 9.66. The molecule has 0 bridgehead atoms. The lowest BCUT2D eigenvalue weighted by Gasteiger charge is -2.51. The van der Waals surface area contributed by atoms with Crippen LogP contribution in [-0.2, 0) is 0 Å². The van der Waals surface area contributed by atoms with E-state index < -0.39 is 0 Å². The number of hydrogen-bond acceptors (Lipinski definition) is 7. The van der Waals surface area contributed by atoms with Gasteiger partial charge in [0.25, 0.3) is 0 Å². The summed E-state index contributed by atoms with van der Waals surface area (Å²) in [6, 6.07) is 7.13. The zero-order valence-corrected chi connectivity index (χ0v) is 64.1. The molecule has 0 N–H and O–H groups in total. The minimum Gasteiger partial charge on any atom is -0.390 e. The van der Waals surface area contributed by atoms with Crippen LogP contribution in [0.4, 0.5) is 0 Å². The lowest BCUT2D eigenvalue weighted by molar-refractivity contribution is 0.0577. The monoisotopic (exact) mass is 1010 g/mol. The summed E-state index contributed by atoms with van der Waals surface area (Å²) >= 11 is 0. The van der Waals surface area contributed by atoms with Gasteiger partial charge in [0.15, 0.2) is 0 Å². The molecular weight excluding hydrogens is 889 g/mol. The molecule has 0 radical (unpaired) electrons. The average molecular weight is 1010 g/mol. The molecule has 1 aromatic rings. The Labute approximate surface area is 417 Å².